The third-order valence-electron chi connectivity index (χ3n) is 2.83. The first kappa shape index (κ1) is 18.7. The summed E-state index contributed by atoms with van der Waals surface area (Å²) in [6.07, 6.45) is 11.0. The molecule has 4 nitrogen and oxygen atoms in total. The van der Waals surface area contributed by atoms with E-state index in [0.29, 0.717) is 6.61 Å². The van der Waals surface area contributed by atoms with Gasteiger partial charge in [-0.1, -0.05) is 39.0 Å². The van der Waals surface area contributed by atoms with Gasteiger partial charge in [0.1, 0.15) is 6.07 Å². The molecule has 0 radical (unpaired) electrons. The number of hydrogen-bond acceptors (Lipinski definition) is 4. The lowest BCUT2D eigenvalue weighted by Gasteiger charge is -2.10. The summed E-state index contributed by atoms with van der Waals surface area (Å²) in [5, 5.41) is 18.7. The Hall–Kier alpha value is -1.31. The molecule has 0 aliphatic rings. The van der Waals surface area contributed by atoms with Crippen LogP contribution in [-0.2, 0) is 4.74 Å². The minimum atomic E-state index is -1.12. The predicted octanol–water partition coefficient (Wildman–Crippen LogP) is 3.21. The van der Waals surface area contributed by atoms with E-state index < -0.39 is 6.29 Å². The number of nitrogens with zero attached hydrogens (tertiary/aromatic N) is 2. The van der Waals surface area contributed by atoms with Gasteiger partial charge in [-0.05, 0) is 24.8 Å². The molecule has 0 aromatic carbocycles. The van der Waals surface area contributed by atoms with Gasteiger partial charge in [-0.15, -0.1) is 0 Å². The number of ether oxygens (including phenoxy) is 1. The summed E-state index contributed by atoms with van der Waals surface area (Å²) in [7, 11) is 3.78. The highest BCUT2D eigenvalue weighted by Crippen LogP contribution is 2.08. The third-order valence-corrected chi connectivity index (χ3v) is 2.83. The van der Waals surface area contributed by atoms with Crippen LogP contribution < -0.4 is 0 Å². The zero-order valence-corrected chi connectivity index (χ0v) is 13.0. The standard InChI is InChI=1S/C16H28N2O2/c1-4-5-6-7-8-9-13-20-16(19)15(14-17)11-10-12-18(2)3/h10-12,16,19H,4-9,13H2,1-3H3. The summed E-state index contributed by atoms with van der Waals surface area (Å²) in [6.45, 7) is 2.68. The Balaban J connectivity index is 3.88. The molecule has 1 N–H and O–H groups in total. The van der Waals surface area contributed by atoms with E-state index in [9.17, 15) is 5.11 Å². The van der Waals surface area contributed by atoms with Gasteiger partial charge in [0.15, 0.2) is 6.29 Å². The Morgan fingerprint density at radius 2 is 1.90 bits per heavy atom. The summed E-state index contributed by atoms with van der Waals surface area (Å²) < 4.78 is 5.28. The van der Waals surface area contributed by atoms with Crippen molar-refractivity contribution in [1.29, 1.82) is 5.26 Å². The van der Waals surface area contributed by atoms with Gasteiger partial charge in [0.25, 0.3) is 0 Å². The maximum absolute atomic E-state index is 9.75. The monoisotopic (exact) mass is 280 g/mol. The lowest BCUT2D eigenvalue weighted by molar-refractivity contribution is -0.0703. The van der Waals surface area contributed by atoms with Gasteiger partial charge in [0.2, 0.25) is 0 Å². The Bertz CT molecular complexity index is 330. The summed E-state index contributed by atoms with van der Waals surface area (Å²) >= 11 is 0. The van der Waals surface area contributed by atoms with E-state index in [1.165, 1.54) is 25.7 Å². The van der Waals surface area contributed by atoms with Crippen molar-refractivity contribution in [3.63, 3.8) is 0 Å². The van der Waals surface area contributed by atoms with Crippen LogP contribution in [-0.4, -0.2) is 37.0 Å². The van der Waals surface area contributed by atoms with Crippen molar-refractivity contribution in [1.82, 2.24) is 4.90 Å². The van der Waals surface area contributed by atoms with E-state index in [1.54, 1.807) is 18.4 Å². The van der Waals surface area contributed by atoms with Crippen LogP contribution >= 0.6 is 0 Å². The van der Waals surface area contributed by atoms with Crippen LogP contribution in [0, 0.1) is 11.3 Å². The Morgan fingerprint density at radius 3 is 2.50 bits per heavy atom. The molecule has 0 aromatic rings. The number of nitriles is 1. The summed E-state index contributed by atoms with van der Waals surface area (Å²) in [6, 6.07) is 1.96. The van der Waals surface area contributed by atoms with Gasteiger partial charge >= 0.3 is 0 Å². The highest BCUT2D eigenvalue weighted by atomic mass is 16.6. The molecule has 1 atom stereocenters. The number of unbranched alkanes of at least 4 members (excludes halogenated alkanes) is 5. The molecular formula is C16H28N2O2. The van der Waals surface area contributed by atoms with Crippen molar-refractivity contribution < 1.29 is 9.84 Å². The fourth-order valence-electron chi connectivity index (χ4n) is 1.66. The van der Waals surface area contributed by atoms with E-state index >= 15 is 0 Å². The number of allylic oxidation sites excluding steroid dienone is 2. The molecule has 0 bridgehead atoms. The van der Waals surface area contributed by atoms with E-state index in [2.05, 4.69) is 6.92 Å². The number of hydrogen-bond donors (Lipinski definition) is 1. The molecule has 20 heavy (non-hydrogen) atoms. The first-order valence-corrected chi connectivity index (χ1v) is 7.36. The molecular weight excluding hydrogens is 252 g/mol. The number of aliphatic hydroxyl groups excluding tert-OH is 1. The summed E-state index contributed by atoms with van der Waals surface area (Å²) in [4.78, 5) is 1.86. The summed E-state index contributed by atoms with van der Waals surface area (Å²) in [5.41, 5.74) is 0.231. The van der Waals surface area contributed by atoms with Gasteiger partial charge in [0, 0.05) is 14.1 Å². The molecule has 1 unspecified atom stereocenters. The maximum Gasteiger partial charge on any atom is 0.191 e. The largest absolute Gasteiger partial charge is 0.383 e. The molecule has 4 heteroatoms. The van der Waals surface area contributed by atoms with Crippen LogP contribution in [0.25, 0.3) is 0 Å². The van der Waals surface area contributed by atoms with Gasteiger partial charge in [-0.3, -0.25) is 0 Å². The zero-order valence-electron chi connectivity index (χ0n) is 13.0. The van der Waals surface area contributed by atoms with Gasteiger partial charge in [-0.25, -0.2) is 0 Å². The molecule has 0 amide bonds. The molecule has 0 aliphatic heterocycles. The molecule has 0 heterocycles. The average molecular weight is 280 g/mol. The quantitative estimate of drug-likeness (QED) is 0.273. The molecule has 0 aliphatic carbocycles. The molecule has 0 saturated carbocycles. The van der Waals surface area contributed by atoms with Crippen molar-refractivity contribution in [2.75, 3.05) is 20.7 Å². The van der Waals surface area contributed by atoms with Crippen molar-refractivity contribution in [3.05, 3.63) is 23.9 Å². The second kappa shape index (κ2) is 12.7. The van der Waals surface area contributed by atoms with Crippen molar-refractivity contribution in [2.45, 2.75) is 51.7 Å². The van der Waals surface area contributed by atoms with Crippen LogP contribution in [0.5, 0.6) is 0 Å². The fraction of sp³-hybridized carbons (Fsp3) is 0.688. The van der Waals surface area contributed by atoms with Crippen LogP contribution in [0.15, 0.2) is 23.9 Å². The molecule has 0 spiro atoms. The smallest absolute Gasteiger partial charge is 0.191 e. The lowest BCUT2D eigenvalue weighted by atomic mass is 10.1. The SMILES string of the molecule is CCCCCCCCOC(O)C(C#N)=CC=CN(C)C. The van der Waals surface area contributed by atoms with Gasteiger partial charge < -0.3 is 14.7 Å². The fourth-order valence-corrected chi connectivity index (χ4v) is 1.66. The highest BCUT2D eigenvalue weighted by molar-refractivity contribution is 5.27. The van der Waals surface area contributed by atoms with Gasteiger partial charge in [0.05, 0.1) is 12.2 Å². The van der Waals surface area contributed by atoms with E-state index in [1.807, 2.05) is 25.1 Å². The topological polar surface area (TPSA) is 56.5 Å². The second-order valence-electron chi connectivity index (χ2n) is 5.03. The number of aliphatic hydroxyl groups is 1. The van der Waals surface area contributed by atoms with Crippen LogP contribution in [0.2, 0.25) is 0 Å². The van der Waals surface area contributed by atoms with Crippen LogP contribution in [0.1, 0.15) is 45.4 Å². The van der Waals surface area contributed by atoms with E-state index in [-0.39, 0.29) is 5.57 Å². The normalized spacial score (nSPS) is 13.4. The predicted molar refractivity (Wildman–Crippen MR) is 81.9 cm³/mol. The minimum Gasteiger partial charge on any atom is -0.383 e. The third kappa shape index (κ3) is 10.6. The van der Waals surface area contributed by atoms with Crippen molar-refractivity contribution >= 4 is 0 Å². The Labute approximate surface area is 123 Å². The second-order valence-corrected chi connectivity index (χ2v) is 5.03. The van der Waals surface area contributed by atoms with Crippen molar-refractivity contribution in [2.24, 2.45) is 0 Å². The van der Waals surface area contributed by atoms with E-state index in [4.69, 9.17) is 10.00 Å². The van der Waals surface area contributed by atoms with Crippen molar-refractivity contribution in [3.8, 4) is 6.07 Å². The lowest BCUT2D eigenvalue weighted by Crippen LogP contribution is -2.15. The highest BCUT2D eigenvalue weighted by Gasteiger charge is 2.09. The average Bonchev–Trinajstić information content (AvgIpc) is 2.42. The molecule has 114 valence electrons. The van der Waals surface area contributed by atoms with Crippen LogP contribution in [0.4, 0.5) is 0 Å². The molecule has 0 aromatic heterocycles. The number of rotatable bonds is 11. The maximum atomic E-state index is 9.75. The molecule has 0 saturated heterocycles. The molecule has 0 rings (SSSR count). The Kier molecular flexibility index (Phi) is 11.9. The van der Waals surface area contributed by atoms with Gasteiger partial charge in [-0.2, -0.15) is 5.26 Å². The first-order chi connectivity index (χ1) is 9.61. The van der Waals surface area contributed by atoms with E-state index in [0.717, 1.165) is 12.8 Å². The summed E-state index contributed by atoms with van der Waals surface area (Å²) in [5.74, 6) is 0. The Morgan fingerprint density at radius 1 is 1.25 bits per heavy atom. The zero-order chi connectivity index (χ0) is 15.2. The minimum absolute atomic E-state index is 0.231. The first-order valence-electron chi connectivity index (χ1n) is 7.36. The van der Waals surface area contributed by atoms with Crippen LogP contribution in [0.3, 0.4) is 0 Å². The molecule has 0 fully saturated rings.